The molecule has 4 nitrogen and oxygen atoms in total. The first-order valence-electron chi connectivity index (χ1n) is 6.83. The molecule has 0 aliphatic rings. The lowest BCUT2D eigenvalue weighted by Crippen LogP contribution is -2.51. The van der Waals surface area contributed by atoms with Crippen LogP contribution >= 0.6 is 0 Å². The number of aliphatic carboxylic acids is 1. The monoisotopic (exact) mass is 279 g/mol. The molecule has 112 valence electrons. The van der Waals surface area contributed by atoms with Gasteiger partial charge < -0.3 is 15.5 Å². The second-order valence-corrected chi connectivity index (χ2v) is 6.50. The summed E-state index contributed by atoms with van der Waals surface area (Å²) in [4.78, 5) is 11.8. The van der Waals surface area contributed by atoms with Crippen molar-refractivity contribution in [3.8, 4) is 5.75 Å². The summed E-state index contributed by atoms with van der Waals surface area (Å²) in [5.74, 6) is -0.858. The molecule has 0 saturated heterocycles. The summed E-state index contributed by atoms with van der Waals surface area (Å²) in [5.41, 5.74) is -0.00953. The van der Waals surface area contributed by atoms with Gasteiger partial charge in [0.05, 0.1) is 0 Å². The molecule has 0 bridgehead atoms. The minimum Gasteiger partial charge on any atom is -0.508 e. The number of carboxylic acid groups (broad SMARTS) is 1. The zero-order valence-electron chi connectivity index (χ0n) is 13.1. The Bertz CT molecular complexity index is 503. The summed E-state index contributed by atoms with van der Waals surface area (Å²) in [7, 11) is 1.65. The van der Waals surface area contributed by atoms with E-state index in [1.165, 1.54) is 0 Å². The second kappa shape index (κ2) is 5.44. The number of benzene rings is 1. The van der Waals surface area contributed by atoms with Crippen LogP contribution in [0, 0.1) is 5.92 Å². The van der Waals surface area contributed by atoms with Crippen molar-refractivity contribution in [3.05, 3.63) is 29.3 Å². The summed E-state index contributed by atoms with van der Waals surface area (Å²) in [6.07, 6.45) is 0. The third-order valence-electron chi connectivity index (χ3n) is 3.86. The zero-order chi connectivity index (χ0) is 15.7. The molecule has 1 rings (SSSR count). The SMILES string of the molecule is CNC(C(=O)O)(c1ccc(O)c(C(C)(C)C)c1)C(C)C. The maximum atomic E-state index is 11.8. The Morgan fingerprint density at radius 3 is 2.15 bits per heavy atom. The third-order valence-corrected chi connectivity index (χ3v) is 3.86. The number of phenols is 1. The smallest absolute Gasteiger partial charge is 0.328 e. The lowest BCUT2D eigenvalue weighted by atomic mass is 9.76. The number of aromatic hydroxyl groups is 1. The second-order valence-electron chi connectivity index (χ2n) is 6.50. The predicted octanol–water partition coefficient (Wildman–Crippen LogP) is 2.85. The number of likely N-dealkylation sites (N-methyl/N-ethyl adjacent to an activating group) is 1. The fourth-order valence-corrected chi connectivity index (χ4v) is 2.63. The first-order valence-corrected chi connectivity index (χ1v) is 6.83. The van der Waals surface area contributed by atoms with Crippen LogP contribution in [0.4, 0.5) is 0 Å². The van der Waals surface area contributed by atoms with Gasteiger partial charge in [0.15, 0.2) is 0 Å². The van der Waals surface area contributed by atoms with Crippen LogP contribution in [0.25, 0.3) is 0 Å². The molecule has 0 fully saturated rings. The van der Waals surface area contributed by atoms with E-state index in [0.717, 1.165) is 5.56 Å². The fraction of sp³-hybridized carbons (Fsp3) is 0.562. The van der Waals surface area contributed by atoms with Gasteiger partial charge in [0.1, 0.15) is 11.3 Å². The van der Waals surface area contributed by atoms with Gasteiger partial charge in [-0.15, -0.1) is 0 Å². The molecular weight excluding hydrogens is 254 g/mol. The van der Waals surface area contributed by atoms with E-state index in [-0.39, 0.29) is 17.1 Å². The topological polar surface area (TPSA) is 69.6 Å². The van der Waals surface area contributed by atoms with Crippen molar-refractivity contribution in [1.29, 1.82) is 0 Å². The summed E-state index contributed by atoms with van der Waals surface area (Å²) >= 11 is 0. The molecule has 1 aromatic carbocycles. The van der Waals surface area contributed by atoms with Crippen LogP contribution in [0.2, 0.25) is 0 Å². The van der Waals surface area contributed by atoms with Crippen molar-refractivity contribution in [1.82, 2.24) is 5.32 Å². The summed E-state index contributed by atoms with van der Waals surface area (Å²) in [6, 6.07) is 5.04. The molecule has 1 unspecified atom stereocenters. The minimum absolute atomic E-state index is 0.137. The maximum absolute atomic E-state index is 11.8. The van der Waals surface area contributed by atoms with Gasteiger partial charge >= 0.3 is 5.97 Å². The number of nitrogens with one attached hydrogen (secondary N) is 1. The van der Waals surface area contributed by atoms with Gasteiger partial charge in [0, 0.05) is 0 Å². The molecule has 0 aliphatic heterocycles. The van der Waals surface area contributed by atoms with E-state index in [2.05, 4.69) is 5.32 Å². The minimum atomic E-state index is -1.16. The van der Waals surface area contributed by atoms with Crippen LogP contribution < -0.4 is 5.32 Å². The number of carboxylic acids is 1. The van der Waals surface area contributed by atoms with Gasteiger partial charge in [0.25, 0.3) is 0 Å². The highest BCUT2D eigenvalue weighted by atomic mass is 16.4. The number of rotatable bonds is 4. The molecule has 1 aromatic rings. The predicted molar refractivity (Wildman–Crippen MR) is 80.0 cm³/mol. The van der Waals surface area contributed by atoms with Crippen molar-refractivity contribution < 1.29 is 15.0 Å². The summed E-state index contributed by atoms with van der Waals surface area (Å²) in [5, 5.41) is 22.7. The van der Waals surface area contributed by atoms with E-state index < -0.39 is 11.5 Å². The van der Waals surface area contributed by atoms with E-state index >= 15 is 0 Å². The van der Waals surface area contributed by atoms with Crippen molar-refractivity contribution >= 4 is 5.97 Å². The van der Waals surface area contributed by atoms with Crippen LogP contribution in [0.15, 0.2) is 18.2 Å². The maximum Gasteiger partial charge on any atom is 0.328 e. The molecule has 0 saturated carbocycles. The lowest BCUT2D eigenvalue weighted by molar-refractivity contribution is -0.147. The van der Waals surface area contributed by atoms with E-state index in [9.17, 15) is 15.0 Å². The molecule has 4 heteroatoms. The molecule has 3 N–H and O–H groups in total. The van der Waals surface area contributed by atoms with Gasteiger partial charge in [-0.1, -0.05) is 40.7 Å². The van der Waals surface area contributed by atoms with Crippen LogP contribution in [0.5, 0.6) is 5.75 Å². The fourth-order valence-electron chi connectivity index (χ4n) is 2.63. The quantitative estimate of drug-likeness (QED) is 0.792. The van der Waals surface area contributed by atoms with Crippen molar-refractivity contribution in [2.75, 3.05) is 7.05 Å². The van der Waals surface area contributed by atoms with Crippen LogP contribution in [-0.2, 0) is 15.7 Å². The number of phenolic OH excluding ortho intramolecular Hbond substituents is 1. The van der Waals surface area contributed by atoms with Gasteiger partial charge in [-0.25, -0.2) is 4.79 Å². The number of hydrogen-bond acceptors (Lipinski definition) is 3. The largest absolute Gasteiger partial charge is 0.508 e. The van der Waals surface area contributed by atoms with Crippen molar-refractivity contribution in [2.24, 2.45) is 5.92 Å². The van der Waals surface area contributed by atoms with E-state index in [1.807, 2.05) is 34.6 Å². The van der Waals surface area contributed by atoms with E-state index in [1.54, 1.807) is 25.2 Å². The highest BCUT2D eigenvalue weighted by Crippen LogP contribution is 2.37. The van der Waals surface area contributed by atoms with Crippen molar-refractivity contribution in [2.45, 2.75) is 45.6 Å². The first kappa shape index (κ1) is 16.5. The van der Waals surface area contributed by atoms with Gasteiger partial charge in [-0.05, 0) is 41.6 Å². The summed E-state index contributed by atoms with van der Waals surface area (Å²) in [6.45, 7) is 9.71. The van der Waals surface area contributed by atoms with Crippen LogP contribution in [0.3, 0.4) is 0 Å². The van der Waals surface area contributed by atoms with E-state index in [0.29, 0.717) is 5.56 Å². The van der Waals surface area contributed by atoms with Gasteiger partial charge in [-0.2, -0.15) is 0 Å². The molecule has 0 amide bonds. The summed E-state index contributed by atoms with van der Waals surface area (Å²) < 4.78 is 0. The van der Waals surface area contributed by atoms with Gasteiger partial charge in [-0.3, -0.25) is 0 Å². The molecule has 1 atom stereocenters. The Morgan fingerprint density at radius 2 is 1.80 bits per heavy atom. The third kappa shape index (κ3) is 2.66. The Morgan fingerprint density at radius 1 is 1.25 bits per heavy atom. The molecule has 0 radical (unpaired) electrons. The molecule has 0 aromatic heterocycles. The number of carbonyl (C=O) groups is 1. The number of hydrogen-bond donors (Lipinski definition) is 3. The average Bonchev–Trinajstić information content (AvgIpc) is 2.30. The highest BCUT2D eigenvalue weighted by molar-refractivity contribution is 5.81. The van der Waals surface area contributed by atoms with Crippen LogP contribution in [0.1, 0.15) is 45.7 Å². The normalized spacial score (nSPS) is 15.2. The van der Waals surface area contributed by atoms with Gasteiger partial charge in [0.2, 0.25) is 0 Å². The van der Waals surface area contributed by atoms with Crippen LogP contribution in [-0.4, -0.2) is 23.2 Å². The molecule has 0 heterocycles. The molecular formula is C16H25NO3. The lowest BCUT2D eigenvalue weighted by Gasteiger charge is -2.34. The molecule has 20 heavy (non-hydrogen) atoms. The zero-order valence-corrected chi connectivity index (χ0v) is 13.1. The highest BCUT2D eigenvalue weighted by Gasteiger charge is 2.42. The first-order chi connectivity index (χ1) is 9.07. The molecule has 0 spiro atoms. The standard InChI is InChI=1S/C16H25NO3/c1-10(2)16(17-6,14(19)20)11-7-8-13(18)12(9-11)15(3,4)5/h7-10,17-18H,1-6H3,(H,19,20). The Balaban J connectivity index is 3.56. The average molecular weight is 279 g/mol. The van der Waals surface area contributed by atoms with E-state index in [4.69, 9.17) is 0 Å². The molecule has 0 aliphatic carbocycles. The Kier molecular flexibility index (Phi) is 4.49. The van der Waals surface area contributed by atoms with Crippen molar-refractivity contribution in [3.63, 3.8) is 0 Å². The Hall–Kier alpha value is -1.55. The Labute approximate surface area is 120 Å².